The summed E-state index contributed by atoms with van der Waals surface area (Å²) >= 11 is 0. The Morgan fingerprint density at radius 2 is 1.50 bits per heavy atom. The first-order valence-corrected chi connectivity index (χ1v) is 15.5. The summed E-state index contributed by atoms with van der Waals surface area (Å²) in [5.41, 5.74) is 6.96. The molecule has 1 amide bonds. The highest BCUT2D eigenvalue weighted by atomic mass is 16.5. The van der Waals surface area contributed by atoms with E-state index in [2.05, 4.69) is 36.2 Å². The van der Waals surface area contributed by atoms with E-state index < -0.39 is 0 Å². The van der Waals surface area contributed by atoms with Crippen LogP contribution in [0.1, 0.15) is 73.7 Å². The molecular weight excluding hydrogens is 536 g/mol. The summed E-state index contributed by atoms with van der Waals surface area (Å²) in [5, 5.41) is 23.0. The number of anilines is 3. The molecule has 12 nitrogen and oxygen atoms in total. The van der Waals surface area contributed by atoms with E-state index in [1.54, 1.807) is 0 Å². The van der Waals surface area contributed by atoms with Crippen molar-refractivity contribution >= 4 is 23.8 Å². The van der Waals surface area contributed by atoms with E-state index in [0.29, 0.717) is 75.4 Å². The van der Waals surface area contributed by atoms with Gasteiger partial charge in [-0.15, -0.1) is 0 Å². The number of benzene rings is 1. The van der Waals surface area contributed by atoms with Crippen molar-refractivity contribution in [2.24, 2.45) is 11.7 Å². The molecule has 2 aromatic rings. The fourth-order valence-electron chi connectivity index (χ4n) is 5.33. The van der Waals surface area contributed by atoms with Gasteiger partial charge in [0.1, 0.15) is 0 Å². The Morgan fingerprint density at radius 1 is 0.833 bits per heavy atom. The summed E-state index contributed by atoms with van der Waals surface area (Å²) in [7, 11) is 0. The van der Waals surface area contributed by atoms with Gasteiger partial charge >= 0.3 is 0 Å². The fourth-order valence-corrected chi connectivity index (χ4v) is 5.33. The summed E-state index contributed by atoms with van der Waals surface area (Å²) in [4.78, 5) is 26.4. The van der Waals surface area contributed by atoms with E-state index in [0.717, 1.165) is 37.8 Å². The molecule has 0 aliphatic heterocycles. The zero-order chi connectivity index (χ0) is 29.4. The van der Waals surface area contributed by atoms with Gasteiger partial charge in [-0.2, -0.15) is 15.0 Å². The van der Waals surface area contributed by atoms with Gasteiger partial charge in [-0.05, 0) is 62.1 Å². The summed E-state index contributed by atoms with van der Waals surface area (Å²) in [5.74, 6) is 2.10. The molecule has 2 aliphatic rings. The van der Waals surface area contributed by atoms with Gasteiger partial charge in [0.05, 0.1) is 32.5 Å². The number of nitrogens with one attached hydrogen (secondary N) is 4. The maximum Gasteiger partial charge on any atom is 0.251 e. The molecule has 232 valence electrons. The van der Waals surface area contributed by atoms with Gasteiger partial charge in [-0.1, -0.05) is 31.4 Å². The minimum absolute atomic E-state index is 0.144. The van der Waals surface area contributed by atoms with E-state index in [9.17, 15) is 9.90 Å². The molecule has 2 aliphatic carbocycles. The molecular formula is C30H48N8O4. The minimum Gasteiger partial charge on any atom is -0.393 e. The number of carbonyl (C=O) groups is 1. The van der Waals surface area contributed by atoms with Crippen molar-refractivity contribution in [1.29, 1.82) is 0 Å². The summed E-state index contributed by atoms with van der Waals surface area (Å²) in [6.07, 6.45) is 9.52. The average molecular weight is 585 g/mol. The SMILES string of the molecule is NCCOCCOCCNC(=O)c1ccc(CNc2nc(NCC3CCCCC3)nc(NC3CCC(O)CC3)n2)cc1. The quantitative estimate of drug-likeness (QED) is 0.151. The van der Waals surface area contributed by atoms with Gasteiger partial charge in [0.2, 0.25) is 17.8 Å². The van der Waals surface area contributed by atoms with Crippen LogP contribution in [-0.2, 0) is 16.0 Å². The molecule has 0 radical (unpaired) electrons. The number of aliphatic hydroxyl groups is 1. The van der Waals surface area contributed by atoms with Gasteiger partial charge in [-0.25, -0.2) is 0 Å². The van der Waals surface area contributed by atoms with Crippen LogP contribution in [0, 0.1) is 5.92 Å². The van der Waals surface area contributed by atoms with E-state index in [1.165, 1.54) is 32.1 Å². The van der Waals surface area contributed by atoms with Crippen LogP contribution in [0.5, 0.6) is 0 Å². The number of hydrogen-bond donors (Lipinski definition) is 6. The monoisotopic (exact) mass is 584 g/mol. The van der Waals surface area contributed by atoms with Crippen LogP contribution < -0.4 is 27.0 Å². The number of amides is 1. The fraction of sp³-hybridized carbons (Fsp3) is 0.667. The molecule has 2 fully saturated rings. The third-order valence-electron chi connectivity index (χ3n) is 7.77. The van der Waals surface area contributed by atoms with Crippen LogP contribution in [0.2, 0.25) is 0 Å². The Labute approximate surface area is 249 Å². The summed E-state index contributed by atoms with van der Waals surface area (Å²) in [6.45, 7) is 4.18. The third kappa shape index (κ3) is 11.3. The van der Waals surface area contributed by atoms with Crippen LogP contribution in [0.4, 0.5) is 17.8 Å². The first-order valence-electron chi connectivity index (χ1n) is 15.5. The first-order chi connectivity index (χ1) is 20.6. The summed E-state index contributed by atoms with van der Waals surface area (Å²) < 4.78 is 10.7. The van der Waals surface area contributed by atoms with Crippen molar-refractivity contribution in [3.63, 3.8) is 0 Å². The van der Waals surface area contributed by atoms with Crippen LogP contribution in [-0.4, -0.2) is 84.2 Å². The standard InChI is InChI=1S/C30H48N8O4/c31-14-16-41-18-19-42-17-15-32-27(40)24-8-6-23(7-9-24)21-34-29-36-28(33-20-22-4-2-1-3-5-22)37-30(38-29)35-25-10-12-26(39)13-11-25/h6-9,22,25-26,39H,1-5,10-21,31H2,(H,32,40)(H3,33,34,35,36,37,38). The van der Waals surface area contributed by atoms with Crippen LogP contribution in [0.15, 0.2) is 24.3 Å². The van der Waals surface area contributed by atoms with E-state index in [4.69, 9.17) is 15.2 Å². The molecule has 1 aromatic heterocycles. The van der Waals surface area contributed by atoms with E-state index >= 15 is 0 Å². The lowest BCUT2D eigenvalue weighted by Crippen LogP contribution is -2.29. The molecule has 1 aromatic carbocycles. The Morgan fingerprint density at radius 3 is 2.21 bits per heavy atom. The number of aliphatic hydroxyl groups excluding tert-OH is 1. The second-order valence-corrected chi connectivity index (χ2v) is 11.2. The molecule has 1 heterocycles. The topological polar surface area (TPSA) is 169 Å². The van der Waals surface area contributed by atoms with Crippen LogP contribution in [0.3, 0.4) is 0 Å². The molecule has 0 bridgehead atoms. The van der Waals surface area contributed by atoms with Crippen molar-refractivity contribution < 1.29 is 19.4 Å². The first kappa shape index (κ1) is 31.9. The highest BCUT2D eigenvalue weighted by Crippen LogP contribution is 2.25. The lowest BCUT2D eigenvalue weighted by Gasteiger charge is -2.26. The van der Waals surface area contributed by atoms with E-state index in [-0.39, 0.29) is 18.1 Å². The maximum absolute atomic E-state index is 12.5. The lowest BCUT2D eigenvalue weighted by molar-refractivity contribution is 0.0511. The largest absolute Gasteiger partial charge is 0.393 e. The predicted octanol–water partition coefficient (Wildman–Crippen LogP) is 2.91. The van der Waals surface area contributed by atoms with Crippen molar-refractivity contribution in [1.82, 2.24) is 20.3 Å². The molecule has 12 heteroatoms. The van der Waals surface area contributed by atoms with Crippen molar-refractivity contribution in [3.8, 4) is 0 Å². The molecule has 4 rings (SSSR count). The Hall–Kier alpha value is -3.06. The molecule has 42 heavy (non-hydrogen) atoms. The Balaban J connectivity index is 1.27. The average Bonchev–Trinajstić information content (AvgIpc) is 3.02. The Bertz CT molecular complexity index is 1060. The second kappa shape index (κ2) is 17.8. The normalized spacial score (nSPS) is 19.3. The highest BCUT2D eigenvalue weighted by molar-refractivity contribution is 5.94. The zero-order valence-electron chi connectivity index (χ0n) is 24.7. The van der Waals surface area contributed by atoms with Crippen molar-refractivity contribution in [2.75, 3.05) is 62.0 Å². The predicted molar refractivity (Wildman–Crippen MR) is 164 cm³/mol. The van der Waals surface area contributed by atoms with Gasteiger partial charge in [0, 0.05) is 37.8 Å². The molecule has 0 unspecified atom stereocenters. The van der Waals surface area contributed by atoms with Gasteiger partial charge in [0.15, 0.2) is 0 Å². The molecule has 0 saturated heterocycles. The number of aromatic nitrogens is 3. The number of rotatable bonds is 17. The summed E-state index contributed by atoms with van der Waals surface area (Å²) in [6, 6.07) is 7.69. The smallest absolute Gasteiger partial charge is 0.251 e. The Kier molecular flexibility index (Phi) is 13.5. The van der Waals surface area contributed by atoms with Gasteiger partial charge in [0.25, 0.3) is 5.91 Å². The minimum atomic E-state index is -0.213. The molecule has 2 saturated carbocycles. The van der Waals surface area contributed by atoms with Gasteiger partial charge in [-0.3, -0.25) is 4.79 Å². The number of carbonyl (C=O) groups excluding carboxylic acids is 1. The van der Waals surface area contributed by atoms with Gasteiger partial charge < -0.3 is 41.6 Å². The van der Waals surface area contributed by atoms with Crippen molar-refractivity contribution in [3.05, 3.63) is 35.4 Å². The van der Waals surface area contributed by atoms with Crippen molar-refractivity contribution in [2.45, 2.75) is 76.5 Å². The number of nitrogens with two attached hydrogens (primary N) is 1. The lowest BCUT2D eigenvalue weighted by atomic mass is 9.89. The van der Waals surface area contributed by atoms with Crippen LogP contribution >= 0.6 is 0 Å². The third-order valence-corrected chi connectivity index (χ3v) is 7.77. The molecule has 0 spiro atoms. The molecule has 7 N–H and O–H groups in total. The molecule has 0 atom stereocenters. The zero-order valence-corrected chi connectivity index (χ0v) is 24.7. The highest BCUT2D eigenvalue weighted by Gasteiger charge is 2.21. The van der Waals surface area contributed by atoms with E-state index in [1.807, 2.05) is 24.3 Å². The number of ether oxygens (including phenoxy) is 2. The number of hydrogen-bond acceptors (Lipinski definition) is 11. The number of nitrogens with zero attached hydrogens (tertiary/aromatic N) is 3. The maximum atomic E-state index is 12.5. The second-order valence-electron chi connectivity index (χ2n) is 11.2. The van der Waals surface area contributed by atoms with Crippen LogP contribution in [0.25, 0.3) is 0 Å².